The van der Waals surface area contributed by atoms with Gasteiger partial charge in [0.15, 0.2) is 5.13 Å². The number of hydrogen-bond acceptors (Lipinski definition) is 4. The lowest BCUT2D eigenvalue weighted by Gasteiger charge is -2.08. The van der Waals surface area contributed by atoms with Gasteiger partial charge in [-0.3, -0.25) is 0 Å². The number of hydrogen-bond donors (Lipinski definition) is 2. The summed E-state index contributed by atoms with van der Waals surface area (Å²) in [6.45, 7) is 1.96. The molecule has 0 aliphatic carbocycles. The van der Waals surface area contributed by atoms with Crippen LogP contribution in [0.3, 0.4) is 0 Å². The number of aromatic nitrogens is 1. The zero-order valence-corrected chi connectivity index (χ0v) is 14.0. The maximum absolute atomic E-state index is 11.2. The number of carboxylic acids is 1. The van der Waals surface area contributed by atoms with Crippen LogP contribution in [-0.4, -0.2) is 16.1 Å². The summed E-state index contributed by atoms with van der Waals surface area (Å²) in [5.41, 5.74) is 1.01. The molecular formula is C13H11Cl3N2O2S. The molecule has 8 heteroatoms. The Morgan fingerprint density at radius 2 is 1.95 bits per heavy atom. The van der Waals surface area contributed by atoms with Crippen molar-refractivity contribution in [2.75, 3.05) is 5.32 Å². The number of carbonyl (C=O) groups is 1. The summed E-state index contributed by atoms with van der Waals surface area (Å²) >= 11 is 19.1. The summed E-state index contributed by atoms with van der Waals surface area (Å²) in [6, 6.07) is 3.10. The van der Waals surface area contributed by atoms with Crippen molar-refractivity contribution in [2.45, 2.75) is 19.8 Å². The second kappa shape index (κ2) is 6.83. The van der Waals surface area contributed by atoms with Gasteiger partial charge in [-0.25, -0.2) is 9.78 Å². The Morgan fingerprint density at radius 1 is 1.33 bits per heavy atom. The van der Waals surface area contributed by atoms with Gasteiger partial charge < -0.3 is 10.4 Å². The van der Waals surface area contributed by atoms with Gasteiger partial charge in [0.1, 0.15) is 4.88 Å². The molecular weight excluding hydrogens is 355 g/mol. The van der Waals surface area contributed by atoms with Gasteiger partial charge in [0, 0.05) is 5.02 Å². The highest BCUT2D eigenvalue weighted by Gasteiger charge is 2.18. The van der Waals surface area contributed by atoms with E-state index in [1.165, 1.54) is 0 Å². The average molecular weight is 366 g/mol. The Bertz CT molecular complexity index is 665. The second-order valence-corrected chi connectivity index (χ2v) is 6.47. The average Bonchev–Trinajstić information content (AvgIpc) is 2.77. The number of anilines is 2. The number of benzene rings is 1. The highest BCUT2D eigenvalue weighted by molar-refractivity contribution is 7.17. The largest absolute Gasteiger partial charge is 0.477 e. The Kier molecular flexibility index (Phi) is 5.32. The third-order valence-electron chi connectivity index (χ3n) is 2.62. The fourth-order valence-corrected chi connectivity index (χ4v) is 3.51. The maximum atomic E-state index is 11.2. The summed E-state index contributed by atoms with van der Waals surface area (Å²) in [5, 5.41) is 13.7. The lowest BCUT2D eigenvalue weighted by atomic mass is 10.2. The molecule has 0 saturated heterocycles. The van der Waals surface area contributed by atoms with Crippen molar-refractivity contribution >= 4 is 62.9 Å². The Balaban J connectivity index is 2.36. The molecule has 112 valence electrons. The van der Waals surface area contributed by atoms with Crippen molar-refractivity contribution in [3.63, 3.8) is 0 Å². The molecule has 1 aromatic carbocycles. The number of nitrogens with one attached hydrogen (secondary N) is 1. The Hall–Kier alpha value is -1.01. The predicted molar refractivity (Wildman–Crippen MR) is 87.8 cm³/mol. The van der Waals surface area contributed by atoms with Gasteiger partial charge in [-0.2, -0.15) is 0 Å². The van der Waals surface area contributed by atoms with E-state index in [1.54, 1.807) is 12.1 Å². The van der Waals surface area contributed by atoms with Gasteiger partial charge in [-0.05, 0) is 18.6 Å². The third kappa shape index (κ3) is 3.80. The van der Waals surface area contributed by atoms with Crippen molar-refractivity contribution in [1.82, 2.24) is 4.98 Å². The first-order valence-corrected chi connectivity index (χ1v) is 8.02. The molecule has 0 unspecified atom stereocenters. The van der Waals surface area contributed by atoms with Crippen LogP contribution in [0.25, 0.3) is 0 Å². The van der Waals surface area contributed by atoms with Crippen molar-refractivity contribution in [1.29, 1.82) is 0 Å². The summed E-state index contributed by atoms with van der Waals surface area (Å²) < 4.78 is 0. The molecule has 0 aliphatic heterocycles. The molecule has 1 aromatic heterocycles. The predicted octanol–water partition coefficient (Wildman–Crippen LogP) is 5.50. The van der Waals surface area contributed by atoms with E-state index in [0.29, 0.717) is 38.0 Å². The molecule has 0 spiro atoms. The van der Waals surface area contributed by atoms with Gasteiger partial charge in [-0.1, -0.05) is 59.5 Å². The molecule has 2 rings (SSSR count). The van der Waals surface area contributed by atoms with Crippen LogP contribution in [0.4, 0.5) is 10.8 Å². The van der Waals surface area contributed by atoms with Crippen LogP contribution < -0.4 is 5.32 Å². The zero-order valence-electron chi connectivity index (χ0n) is 10.9. The van der Waals surface area contributed by atoms with Crippen molar-refractivity contribution in [3.8, 4) is 0 Å². The SMILES string of the molecule is CCCc1nc(Nc2c(Cl)cc(Cl)cc2Cl)sc1C(=O)O. The monoisotopic (exact) mass is 364 g/mol. The van der Waals surface area contributed by atoms with E-state index in [9.17, 15) is 9.90 Å². The van der Waals surface area contributed by atoms with E-state index < -0.39 is 5.97 Å². The first-order valence-electron chi connectivity index (χ1n) is 6.07. The number of aromatic carboxylic acids is 1. The van der Waals surface area contributed by atoms with E-state index in [4.69, 9.17) is 34.8 Å². The Labute approximate surface area is 140 Å². The molecule has 0 bridgehead atoms. The lowest BCUT2D eigenvalue weighted by Crippen LogP contribution is -1.98. The number of halogens is 3. The highest BCUT2D eigenvalue weighted by atomic mass is 35.5. The zero-order chi connectivity index (χ0) is 15.6. The second-order valence-electron chi connectivity index (χ2n) is 4.22. The van der Waals surface area contributed by atoms with Gasteiger partial charge in [0.05, 0.1) is 21.4 Å². The molecule has 0 atom stereocenters. The summed E-state index contributed by atoms with van der Waals surface area (Å²) in [7, 11) is 0. The molecule has 0 saturated carbocycles. The van der Waals surface area contributed by atoms with Gasteiger partial charge >= 0.3 is 5.97 Å². The van der Waals surface area contributed by atoms with Crippen LogP contribution in [0.5, 0.6) is 0 Å². The number of aryl methyl sites for hydroxylation is 1. The fraction of sp³-hybridized carbons (Fsp3) is 0.231. The van der Waals surface area contributed by atoms with E-state index in [0.717, 1.165) is 17.8 Å². The van der Waals surface area contributed by atoms with Crippen LogP contribution in [0.15, 0.2) is 12.1 Å². The van der Waals surface area contributed by atoms with Crippen LogP contribution in [-0.2, 0) is 6.42 Å². The maximum Gasteiger partial charge on any atom is 0.347 e. The molecule has 0 fully saturated rings. The van der Waals surface area contributed by atoms with E-state index in [-0.39, 0.29) is 4.88 Å². The summed E-state index contributed by atoms with van der Waals surface area (Å²) in [4.78, 5) is 15.7. The summed E-state index contributed by atoms with van der Waals surface area (Å²) in [6.07, 6.45) is 1.41. The van der Waals surface area contributed by atoms with Crippen LogP contribution in [0.2, 0.25) is 15.1 Å². The molecule has 2 aromatic rings. The minimum atomic E-state index is -0.989. The van der Waals surface area contributed by atoms with Gasteiger partial charge in [-0.15, -0.1) is 0 Å². The standard InChI is InChI=1S/C13H11Cl3N2O2S/c1-2-3-9-11(12(19)20)21-13(17-9)18-10-7(15)4-6(14)5-8(10)16/h4-5H,2-3H2,1H3,(H,17,18)(H,19,20). The molecule has 1 heterocycles. The molecule has 0 amide bonds. The quantitative estimate of drug-likeness (QED) is 0.734. The van der Waals surface area contributed by atoms with Gasteiger partial charge in [0.25, 0.3) is 0 Å². The number of thiazole rings is 1. The van der Waals surface area contributed by atoms with E-state index in [2.05, 4.69) is 10.3 Å². The molecule has 21 heavy (non-hydrogen) atoms. The first-order chi connectivity index (χ1) is 9.92. The minimum Gasteiger partial charge on any atom is -0.477 e. The number of nitrogens with zero attached hydrogens (tertiary/aromatic N) is 1. The molecule has 2 N–H and O–H groups in total. The minimum absolute atomic E-state index is 0.223. The normalized spacial score (nSPS) is 10.7. The van der Waals surface area contributed by atoms with E-state index >= 15 is 0 Å². The van der Waals surface area contributed by atoms with E-state index in [1.807, 2.05) is 6.92 Å². The number of rotatable bonds is 5. The van der Waals surface area contributed by atoms with Crippen molar-refractivity contribution in [2.24, 2.45) is 0 Å². The highest BCUT2D eigenvalue weighted by Crippen LogP contribution is 2.37. The third-order valence-corrected chi connectivity index (χ3v) is 4.43. The smallest absolute Gasteiger partial charge is 0.347 e. The van der Waals surface area contributed by atoms with Gasteiger partial charge in [0.2, 0.25) is 0 Å². The van der Waals surface area contributed by atoms with Crippen molar-refractivity contribution in [3.05, 3.63) is 37.8 Å². The lowest BCUT2D eigenvalue weighted by molar-refractivity contribution is 0.0700. The first kappa shape index (κ1) is 16.4. The topological polar surface area (TPSA) is 62.2 Å². The van der Waals surface area contributed by atoms with Crippen LogP contribution in [0, 0.1) is 0 Å². The molecule has 0 radical (unpaired) electrons. The molecule has 0 aliphatic rings. The van der Waals surface area contributed by atoms with Crippen LogP contribution in [0.1, 0.15) is 28.7 Å². The van der Waals surface area contributed by atoms with Crippen LogP contribution >= 0.6 is 46.1 Å². The van der Waals surface area contributed by atoms with Crippen molar-refractivity contribution < 1.29 is 9.90 Å². The number of carboxylic acid groups (broad SMARTS) is 1. The molecule has 4 nitrogen and oxygen atoms in total. The summed E-state index contributed by atoms with van der Waals surface area (Å²) in [5.74, 6) is -0.989. The fourth-order valence-electron chi connectivity index (χ4n) is 1.75. The Morgan fingerprint density at radius 3 is 2.48 bits per heavy atom.